The van der Waals surface area contributed by atoms with Crippen molar-refractivity contribution in [2.75, 3.05) is 20.3 Å². The second-order valence-corrected chi connectivity index (χ2v) is 7.24. The van der Waals surface area contributed by atoms with Gasteiger partial charge in [-0.3, -0.25) is 14.6 Å². The van der Waals surface area contributed by atoms with E-state index in [1.54, 1.807) is 24.3 Å². The number of carbonyl (C=O) groups is 2. The van der Waals surface area contributed by atoms with Crippen LogP contribution < -0.4 is 4.74 Å². The smallest absolute Gasteiger partial charge is 0.295 e. The van der Waals surface area contributed by atoms with Crippen molar-refractivity contribution in [3.8, 4) is 5.75 Å². The lowest BCUT2D eigenvalue weighted by Crippen LogP contribution is -2.31. The van der Waals surface area contributed by atoms with Crippen LogP contribution in [0.4, 0.5) is 0 Å². The summed E-state index contributed by atoms with van der Waals surface area (Å²) in [5.74, 6) is -1.06. The standard InChI is InChI=1S/C23H26N2O5/c1-15(2)30-14-6-13-25-20(17-7-4-5-8-18(17)29-3)19(22(27)23(25)28)21(26)16-9-11-24-12-10-16/h4-5,7-12,15,20,26H,6,13-14H2,1-3H3/b21-19-. The molecule has 1 aromatic heterocycles. The summed E-state index contributed by atoms with van der Waals surface area (Å²) >= 11 is 0. The van der Waals surface area contributed by atoms with Gasteiger partial charge in [-0.25, -0.2) is 0 Å². The highest BCUT2D eigenvalue weighted by Crippen LogP contribution is 2.42. The second-order valence-electron chi connectivity index (χ2n) is 7.24. The van der Waals surface area contributed by atoms with Crippen molar-refractivity contribution in [3.63, 3.8) is 0 Å². The maximum Gasteiger partial charge on any atom is 0.295 e. The van der Waals surface area contributed by atoms with Gasteiger partial charge < -0.3 is 19.5 Å². The molecule has 0 saturated carbocycles. The van der Waals surface area contributed by atoms with Crippen LogP contribution in [0.25, 0.3) is 5.76 Å². The molecular formula is C23H26N2O5. The van der Waals surface area contributed by atoms with Gasteiger partial charge in [0.1, 0.15) is 11.5 Å². The molecule has 2 aromatic rings. The Morgan fingerprint density at radius 2 is 1.87 bits per heavy atom. The minimum Gasteiger partial charge on any atom is -0.507 e. The van der Waals surface area contributed by atoms with Crippen LogP contribution >= 0.6 is 0 Å². The van der Waals surface area contributed by atoms with Crippen molar-refractivity contribution in [1.29, 1.82) is 0 Å². The van der Waals surface area contributed by atoms with Gasteiger partial charge in [-0.1, -0.05) is 18.2 Å². The molecular weight excluding hydrogens is 384 g/mol. The van der Waals surface area contributed by atoms with Gasteiger partial charge >= 0.3 is 0 Å². The summed E-state index contributed by atoms with van der Waals surface area (Å²) in [7, 11) is 1.53. The normalized spacial score (nSPS) is 18.3. The van der Waals surface area contributed by atoms with E-state index < -0.39 is 17.7 Å². The Morgan fingerprint density at radius 3 is 2.53 bits per heavy atom. The number of methoxy groups -OCH3 is 1. The van der Waals surface area contributed by atoms with Crippen molar-refractivity contribution < 1.29 is 24.2 Å². The number of hydrogen-bond donors (Lipinski definition) is 1. The van der Waals surface area contributed by atoms with Crippen molar-refractivity contribution in [2.45, 2.75) is 32.4 Å². The number of carbonyl (C=O) groups excluding carboxylic acids is 2. The third kappa shape index (κ3) is 4.36. The molecule has 1 N–H and O–H groups in total. The minimum absolute atomic E-state index is 0.0421. The van der Waals surface area contributed by atoms with Gasteiger partial charge in [0.25, 0.3) is 11.7 Å². The number of benzene rings is 1. The zero-order valence-electron chi connectivity index (χ0n) is 17.4. The average molecular weight is 410 g/mol. The number of aliphatic hydroxyl groups excluding tert-OH is 1. The summed E-state index contributed by atoms with van der Waals surface area (Å²) in [6.07, 6.45) is 3.68. The van der Waals surface area contributed by atoms with E-state index in [2.05, 4.69) is 4.98 Å². The molecule has 1 unspecified atom stereocenters. The van der Waals surface area contributed by atoms with Gasteiger partial charge in [-0.05, 0) is 38.5 Å². The Hall–Kier alpha value is -3.19. The molecule has 1 aliphatic rings. The van der Waals surface area contributed by atoms with Crippen LogP contribution in [0.5, 0.6) is 5.75 Å². The summed E-state index contributed by atoms with van der Waals surface area (Å²) in [5.41, 5.74) is 1.10. The van der Waals surface area contributed by atoms with E-state index in [-0.39, 0.29) is 17.4 Å². The fourth-order valence-electron chi connectivity index (χ4n) is 3.55. The molecule has 158 valence electrons. The largest absolute Gasteiger partial charge is 0.507 e. The maximum absolute atomic E-state index is 13.0. The second kappa shape index (κ2) is 9.54. The van der Waals surface area contributed by atoms with Crippen LogP contribution in [-0.2, 0) is 14.3 Å². The lowest BCUT2D eigenvalue weighted by Gasteiger charge is -2.26. The number of aliphatic hydroxyl groups is 1. The number of ketones is 1. The number of hydrogen-bond acceptors (Lipinski definition) is 6. The van der Waals surface area contributed by atoms with Gasteiger partial charge in [0.15, 0.2) is 0 Å². The van der Waals surface area contributed by atoms with Crippen molar-refractivity contribution in [1.82, 2.24) is 9.88 Å². The number of nitrogens with zero attached hydrogens (tertiary/aromatic N) is 2. The van der Waals surface area contributed by atoms with E-state index in [1.807, 2.05) is 26.0 Å². The molecule has 1 saturated heterocycles. The molecule has 30 heavy (non-hydrogen) atoms. The van der Waals surface area contributed by atoms with Gasteiger partial charge in [-0.2, -0.15) is 0 Å². The molecule has 3 rings (SSSR count). The topological polar surface area (TPSA) is 89.0 Å². The molecule has 1 aliphatic heterocycles. The van der Waals surface area contributed by atoms with Crippen LogP contribution in [0, 0.1) is 0 Å². The van der Waals surface area contributed by atoms with E-state index in [1.165, 1.54) is 24.4 Å². The lowest BCUT2D eigenvalue weighted by atomic mass is 9.95. The average Bonchev–Trinajstić information content (AvgIpc) is 3.01. The fraction of sp³-hybridized carbons (Fsp3) is 0.348. The minimum atomic E-state index is -0.756. The zero-order valence-corrected chi connectivity index (χ0v) is 17.4. The summed E-state index contributed by atoms with van der Waals surface area (Å²) in [6, 6.07) is 9.63. The van der Waals surface area contributed by atoms with Crippen LogP contribution in [-0.4, -0.2) is 53.0 Å². The quantitative estimate of drug-likeness (QED) is 0.311. The molecule has 7 heteroatoms. The predicted octanol–water partition coefficient (Wildman–Crippen LogP) is 3.33. The van der Waals surface area contributed by atoms with Crippen LogP contribution in [0.15, 0.2) is 54.4 Å². The highest BCUT2D eigenvalue weighted by Gasteiger charge is 2.46. The Kier molecular flexibility index (Phi) is 6.84. The van der Waals surface area contributed by atoms with E-state index in [0.29, 0.717) is 36.4 Å². The molecule has 7 nitrogen and oxygen atoms in total. The number of amides is 1. The highest BCUT2D eigenvalue weighted by atomic mass is 16.5. The number of aromatic nitrogens is 1. The lowest BCUT2D eigenvalue weighted by molar-refractivity contribution is -0.140. The third-order valence-corrected chi connectivity index (χ3v) is 4.92. The number of pyridine rings is 1. The predicted molar refractivity (Wildman–Crippen MR) is 112 cm³/mol. The first-order valence-electron chi connectivity index (χ1n) is 9.89. The molecule has 1 fully saturated rings. The van der Waals surface area contributed by atoms with E-state index in [4.69, 9.17) is 9.47 Å². The summed E-state index contributed by atoms with van der Waals surface area (Å²) < 4.78 is 11.1. The highest BCUT2D eigenvalue weighted by molar-refractivity contribution is 6.46. The SMILES string of the molecule is COc1ccccc1C1/C(=C(/O)c2ccncc2)C(=O)C(=O)N1CCCOC(C)C. The van der Waals surface area contributed by atoms with Crippen LogP contribution in [0.3, 0.4) is 0 Å². The Balaban J connectivity index is 2.06. The van der Waals surface area contributed by atoms with Crippen LogP contribution in [0.1, 0.15) is 37.4 Å². The number of rotatable bonds is 8. The van der Waals surface area contributed by atoms with Gasteiger partial charge in [0.2, 0.25) is 0 Å². The summed E-state index contributed by atoms with van der Waals surface area (Å²) in [4.78, 5) is 31.3. The third-order valence-electron chi connectivity index (χ3n) is 4.92. The maximum atomic E-state index is 13.0. The zero-order chi connectivity index (χ0) is 21.7. The van der Waals surface area contributed by atoms with Crippen molar-refractivity contribution >= 4 is 17.4 Å². The van der Waals surface area contributed by atoms with Crippen LogP contribution in [0.2, 0.25) is 0 Å². The van der Waals surface area contributed by atoms with Crippen molar-refractivity contribution in [2.24, 2.45) is 0 Å². The molecule has 1 aromatic carbocycles. The Labute approximate surface area is 175 Å². The van der Waals surface area contributed by atoms with E-state index >= 15 is 0 Å². The van der Waals surface area contributed by atoms with E-state index in [9.17, 15) is 14.7 Å². The summed E-state index contributed by atoms with van der Waals surface area (Å²) in [6.45, 7) is 4.66. The number of likely N-dealkylation sites (tertiary alicyclic amines) is 1. The first-order valence-corrected chi connectivity index (χ1v) is 9.89. The number of Topliss-reactive ketones (excluding diaryl/α,β-unsaturated/α-hetero) is 1. The number of para-hydroxylation sites is 1. The number of ether oxygens (including phenoxy) is 2. The first kappa shape index (κ1) is 21.5. The molecule has 0 radical (unpaired) electrons. The van der Waals surface area contributed by atoms with Gasteiger partial charge in [0, 0.05) is 36.7 Å². The fourth-order valence-corrected chi connectivity index (χ4v) is 3.55. The molecule has 0 aliphatic carbocycles. The van der Waals surface area contributed by atoms with E-state index in [0.717, 1.165) is 0 Å². The first-order chi connectivity index (χ1) is 14.5. The Morgan fingerprint density at radius 1 is 1.17 bits per heavy atom. The Bertz CT molecular complexity index is 940. The summed E-state index contributed by atoms with van der Waals surface area (Å²) in [5, 5.41) is 11.0. The van der Waals surface area contributed by atoms with Gasteiger partial charge in [-0.15, -0.1) is 0 Å². The molecule has 2 heterocycles. The molecule has 0 spiro atoms. The van der Waals surface area contributed by atoms with Crippen molar-refractivity contribution in [3.05, 3.63) is 65.5 Å². The molecule has 0 bridgehead atoms. The molecule has 1 amide bonds. The molecule has 1 atom stereocenters. The van der Waals surface area contributed by atoms with Gasteiger partial charge in [0.05, 0.1) is 24.8 Å². The monoisotopic (exact) mass is 410 g/mol.